The Balaban J connectivity index is 2.07. The van der Waals surface area contributed by atoms with Crippen molar-refractivity contribution in [2.45, 2.75) is 37.8 Å². The lowest BCUT2D eigenvalue weighted by atomic mass is 9.77. The molecule has 2 unspecified atom stereocenters. The summed E-state index contributed by atoms with van der Waals surface area (Å²) in [7, 11) is 1.59. The number of hydrogen-bond acceptors (Lipinski definition) is 4. The molecule has 1 aliphatic carbocycles. The summed E-state index contributed by atoms with van der Waals surface area (Å²) in [6.45, 7) is 0. The van der Waals surface area contributed by atoms with E-state index in [9.17, 15) is 14.7 Å². The van der Waals surface area contributed by atoms with E-state index in [-0.39, 0.29) is 29.7 Å². The lowest BCUT2D eigenvalue weighted by Crippen LogP contribution is -2.53. The Kier molecular flexibility index (Phi) is 2.26. The molecule has 0 N–H and O–H groups in total. The molecule has 2 heterocycles. The Labute approximate surface area is 99.0 Å². The van der Waals surface area contributed by atoms with Gasteiger partial charge in [0.1, 0.15) is 0 Å². The molecule has 0 aromatic rings. The predicted molar refractivity (Wildman–Crippen MR) is 55.4 cm³/mol. The lowest BCUT2D eigenvalue weighted by Gasteiger charge is -2.40. The molecule has 5 nitrogen and oxygen atoms in total. The largest absolute Gasteiger partial charge is 0.543 e. The summed E-state index contributed by atoms with van der Waals surface area (Å²) in [5.74, 6) is -1.19. The van der Waals surface area contributed by atoms with Gasteiger partial charge >= 0.3 is 0 Å². The van der Waals surface area contributed by atoms with E-state index in [4.69, 9.17) is 4.74 Å². The number of aliphatic carboxylic acids is 1. The maximum Gasteiger partial charge on any atom is 0.229 e. The molecule has 1 saturated heterocycles. The maximum atomic E-state index is 11.5. The first kappa shape index (κ1) is 10.8. The number of ether oxygens (including phenoxy) is 1. The van der Waals surface area contributed by atoms with Crippen LogP contribution in [0.15, 0.2) is 11.3 Å². The highest BCUT2D eigenvalue weighted by Crippen LogP contribution is 2.49. The molecule has 0 aromatic heterocycles. The molecule has 17 heavy (non-hydrogen) atoms. The second-order valence-electron chi connectivity index (χ2n) is 4.89. The van der Waals surface area contributed by atoms with E-state index in [0.717, 1.165) is 24.8 Å². The van der Waals surface area contributed by atoms with Crippen LogP contribution in [0.2, 0.25) is 0 Å². The zero-order valence-electron chi connectivity index (χ0n) is 9.64. The number of amides is 1. The number of carboxylic acids is 1. The number of β-lactam (4-membered cyclic amide) rings is 1. The third kappa shape index (κ3) is 1.29. The standard InChI is InChI=1S/C12H15NO4/c1-17-8-4-2-3-6-7-5-9(14)13(7)11(10(6)8)12(15)16/h6-8H,2-5H2,1H3,(H,15,16)/p-1/t6?,7?,8-/m0/s1. The first-order valence-electron chi connectivity index (χ1n) is 5.95. The monoisotopic (exact) mass is 236 g/mol. The van der Waals surface area contributed by atoms with Crippen molar-refractivity contribution < 1.29 is 19.4 Å². The van der Waals surface area contributed by atoms with Gasteiger partial charge in [0.2, 0.25) is 5.91 Å². The summed E-state index contributed by atoms with van der Waals surface area (Å²) < 4.78 is 5.36. The van der Waals surface area contributed by atoms with E-state index >= 15 is 0 Å². The number of carbonyl (C=O) groups excluding carboxylic acids is 2. The minimum Gasteiger partial charge on any atom is -0.543 e. The number of hydrogen-bond donors (Lipinski definition) is 0. The van der Waals surface area contributed by atoms with E-state index in [1.165, 1.54) is 4.90 Å². The predicted octanol–water partition coefficient (Wildman–Crippen LogP) is -0.580. The fourth-order valence-electron chi connectivity index (χ4n) is 3.45. The normalized spacial score (nSPS) is 35.5. The highest BCUT2D eigenvalue weighted by atomic mass is 16.5. The molecule has 0 bridgehead atoms. The average Bonchev–Trinajstić information content (AvgIpc) is 2.58. The Bertz CT molecular complexity index is 428. The summed E-state index contributed by atoms with van der Waals surface area (Å²) in [6, 6.07) is 0.0448. The lowest BCUT2D eigenvalue weighted by molar-refractivity contribution is -0.301. The maximum absolute atomic E-state index is 11.5. The van der Waals surface area contributed by atoms with Crippen LogP contribution < -0.4 is 5.11 Å². The van der Waals surface area contributed by atoms with Crippen molar-refractivity contribution in [3.8, 4) is 0 Å². The molecule has 1 saturated carbocycles. The number of carbonyl (C=O) groups is 2. The van der Waals surface area contributed by atoms with Crippen LogP contribution in [0.4, 0.5) is 0 Å². The van der Waals surface area contributed by atoms with E-state index in [1.54, 1.807) is 7.11 Å². The SMILES string of the molecule is CO[C@H]1CCCC2C1=C(C(=O)[O-])N1C(=O)CC21. The van der Waals surface area contributed by atoms with Gasteiger partial charge in [-0.15, -0.1) is 0 Å². The van der Waals surface area contributed by atoms with Crippen molar-refractivity contribution >= 4 is 11.9 Å². The molecule has 3 rings (SSSR count). The Morgan fingerprint density at radius 3 is 2.82 bits per heavy atom. The molecule has 0 aromatic carbocycles. The number of nitrogens with zero attached hydrogens (tertiary/aromatic N) is 1. The van der Waals surface area contributed by atoms with Gasteiger partial charge in [0.25, 0.3) is 0 Å². The minimum absolute atomic E-state index is 0.0448. The van der Waals surface area contributed by atoms with Crippen LogP contribution in [0.3, 0.4) is 0 Å². The van der Waals surface area contributed by atoms with Gasteiger partial charge in [0.15, 0.2) is 0 Å². The number of rotatable bonds is 2. The smallest absolute Gasteiger partial charge is 0.229 e. The third-order valence-electron chi connectivity index (χ3n) is 4.17. The molecule has 92 valence electrons. The summed E-state index contributed by atoms with van der Waals surface area (Å²) in [5.41, 5.74) is 0.873. The van der Waals surface area contributed by atoms with Gasteiger partial charge in [0, 0.05) is 19.4 Å². The Morgan fingerprint density at radius 2 is 2.24 bits per heavy atom. The summed E-state index contributed by atoms with van der Waals surface area (Å²) >= 11 is 0. The van der Waals surface area contributed by atoms with Crippen LogP contribution in [-0.2, 0) is 14.3 Å². The van der Waals surface area contributed by atoms with Crippen LogP contribution in [0.5, 0.6) is 0 Å². The van der Waals surface area contributed by atoms with E-state index in [1.807, 2.05) is 0 Å². The van der Waals surface area contributed by atoms with E-state index < -0.39 is 5.97 Å². The van der Waals surface area contributed by atoms with Crippen molar-refractivity contribution in [1.29, 1.82) is 0 Å². The van der Waals surface area contributed by atoms with Gasteiger partial charge in [-0.1, -0.05) is 0 Å². The molecule has 3 atom stereocenters. The number of methoxy groups -OCH3 is 1. The molecule has 2 fully saturated rings. The van der Waals surface area contributed by atoms with E-state index in [2.05, 4.69) is 0 Å². The van der Waals surface area contributed by atoms with Gasteiger partial charge in [-0.05, 0) is 24.8 Å². The second-order valence-corrected chi connectivity index (χ2v) is 4.89. The zero-order chi connectivity index (χ0) is 12.2. The molecular formula is C12H14NO4-. The van der Waals surface area contributed by atoms with Gasteiger partial charge in [-0.3, -0.25) is 4.79 Å². The van der Waals surface area contributed by atoms with Gasteiger partial charge in [0.05, 0.1) is 23.8 Å². The second kappa shape index (κ2) is 3.57. The van der Waals surface area contributed by atoms with Crippen LogP contribution in [0.25, 0.3) is 0 Å². The fraction of sp³-hybridized carbons (Fsp3) is 0.667. The molecule has 2 aliphatic heterocycles. The molecule has 1 amide bonds. The molecule has 5 heteroatoms. The van der Waals surface area contributed by atoms with Crippen LogP contribution >= 0.6 is 0 Å². The summed E-state index contributed by atoms with van der Waals surface area (Å²) in [5, 5.41) is 11.2. The van der Waals surface area contributed by atoms with Crippen molar-refractivity contribution in [2.24, 2.45) is 5.92 Å². The quantitative estimate of drug-likeness (QED) is 0.601. The van der Waals surface area contributed by atoms with Crippen molar-refractivity contribution in [2.75, 3.05) is 7.11 Å². The molecule has 3 aliphatic rings. The highest BCUT2D eigenvalue weighted by molar-refractivity contribution is 5.97. The average molecular weight is 236 g/mol. The van der Waals surface area contributed by atoms with Crippen molar-refractivity contribution in [1.82, 2.24) is 4.90 Å². The zero-order valence-corrected chi connectivity index (χ0v) is 9.64. The van der Waals surface area contributed by atoms with E-state index in [0.29, 0.717) is 6.42 Å². The van der Waals surface area contributed by atoms with Gasteiger partial charge in [-0.2, -0.15) is 0 Å². The van der Waals surface area contributed by atoms with Gasteiger partial charge in [-0.25, -0.2) is 0 Å². The Hall–Kier alpha value is -1.36. The molecular weight excluding hydrogens is 222 g/mol. The fourth-order valence-corrected chi connectivity index (χ4v) is 3.45. The third-order valence-corrected chi connectivity index (χ3v) is 4.17. The molecule has 0 spiro atoms. The van der Waals surface area contributed by atoms with Gasteiger partial charge < -0.3 is 19.5 Å². The van der Waals surface area contributed by atoms with Crippen LogP contribution in [0.1, 0.15) is 25.7 Å². The Morgan fingerprint density at radius 1 is 1.47 bits per heavy atom. The summed E-state index contributed by atoms with van der Waals surface area (Å²) in [4.78, 5) is 24.2. The first-order valence-corrected chi connectivity index (χ1v) is 5.95. The number of fused-ring (bicyclic) bond motifs is 3. The van der Waals surface area contributed by atoms with Crippen molar-refractivity contribution in [3.63, 3.8) is 0 Å². The van der Waals surface area contributed by atoms with Crippen LogP contribution in [0, 0.1) is 5.92 Å². The topological polar surface area (TPSA) is 69.7 Å². The minimum atomic E-state index is -1.25. The first-order chi connectivity index (χ1) is 8.15. The molecule has 0 radical (unpaired) electrons. The highest BCUT2D eigenvalue weighted by Gasteiger charge is 2.53. The number of carboxylic acid groups (broad SMARTS) is 1. The van der Waals surface area contributed by atoms with Crippen molar-refractivity contribution in [3.05, 3.63) is 11.3 Å². The summed E-state index contributed by atoms with van der Waals surface area (Å²) in [6.07, 6.45) is 3.08. The van der Waals surface area contributed by atoms with Crippen LogP contribution in [-0.4, -0.2) is 36.0 Å².